The van der Waals surface area contributed by atoms with E-state index in [1.807, 2.05) is 7.05 Å². The van der Waals surface area contributed by atoms with Crippen molar-refractivity contribution in [2.45, 2.75) is 18.8 Å². The molecule has 0 amide bonds. The van der Waals surface area contributed by atoms with Gasteiger partial charge < -0.3 is 5.32 Å². The molecule has 3 rings (SSSR count). The van der Waals surface area contributed by atoms with Gasteiger partial charge in [-0.25, -0.2) is 0 Å². The van der Waals surface area contributed by atoms with Gasteiger partial charge in [0.05, 0.1) is 0 Å². The van der Waals surface area contributed by atoms with Crippen LogP contribution in [-0.4, -0.2) is 13.6 Å². The fraction of sp³-hybridized carbons (Fsp3) is 0.375. The third-order valence-corrected chi connectivity index (χ3v) is 4.27. The number of fused-ring (bicyclic) bond motifs is 1. The van der Waals surface area contributed by atoms with E-state index in [-0.39, 0.29) is 0 Å². The van der Waals surface area contributed by atoms with Crippen molar-refractivity contribution in [3.05, 3.63) is 48.0 Å². The minimum atomic E-state index is 0.388. The van der Waals surface area contributed by atoms with Crippen molar-refractivity contribution < 1.29 is 0 Å². The van der Waals surface area contributed by atoms with Crippen LogP contribution in [0.25, 0.3) is 10.8 Å². The zero-order valence-electron chi connectivity index (χ0n) is 10.5. The number of rotatable bonds is 3. The first-order valence-electron chi connectivity index (χ1n) is 6.40. The molecule has 0 bridgehead atoms. The Morgan fingerprint density at radius 1 is 1.18 bits per heavy atom. The molecule has 0 aliphatic heterocycles. The Balaban J connectivity index is 2.06. The normalized spacial score (nSPS) is 27.3. The molecule has 1 saturated carbocycles. The van der Waals surface area contributed by atoms with E-state index in [0.29, 0.717) is 5.41 Å². The smallest absolute Gasteiger partial charge is 0.0107 e. The van der Waals surface area contributed by atoms with Crippen LogP contribution in [0.1, 0.15) is 18.9 Å². The average Bonchev–Trinajstić information content (AvgIpc) is 3.01. The Morgan fingerprint density at radius 3 is 2.53 bits per heavy atom. The molecule has 1 unspecified atom stereocenters. The van der Waals surface area contributed by atoms with Crippen LogP contribution < -0.4 is 5.32 Å². The molecule has 0 spiro atoms. The largest absolute Gasteiger partial charge is 0.319 e. The van der Waals surface area contributed by atoms with Gasteiger partial charge in [-0.3, -0.25) is 0 Å². The summed E-state index contributed by atoms with van der Waals surface area (Å²) in [5.41, 5.74) is 1.89. The summed E-state index contributed by atoms with van der Waals surface area (Å²) in [6, 6.07) is 15.5. The highest BCUT2D eigenvalue weighted by molar-refractivity contribution is 5.83. The van der Waals surface area contributed by atoms with Gasteiger partial charge in [0.2, 0.25) is 0 Å². The quantitative estimate of drug-likeness (QED) is 0.844. The van der Waals surface area contributed by atoms with E-state index < -0.39 is 0 Å². The molecule has 1 fully saturated rings. The van der Waals surface area contributed by atoms with Crippen molar-refractivity contribution in [2.24, 2.45) is 5.92 Å². The summed E-state index contributed by atoms with van der Waals surface area (Å²) in [5, 5.41) is 6.05. The van der Waals surface area contributed by atoms with Gasteiger partial charge in [-0.2, -0.15) is 0 Å². The van der Waals surface area contributed by atoms with E-state index in [9.17, 15) is 0 Å². The van der Waals surface area contributed by atoms with Crippen LogP contribution in [0, 0.1) is 5.92 Å². The molecule has 1 heteroatoms. The fourth-order valence-corrected chi connectivity index (χ4v) is 3.05. The molecule has 1 N–H and O–H groups in total. The van der Waals surface area contributed by atoms with Crippen LogP contribution >= 0.6 is 0 Å². The van der Waals surface area contributed by atoms with Crippen molar-refractivity contribution in [3.63, 3.8) is 0 Å². The second-order valence-electron chi connectivity index (χ2n) is 5.35. The second-order valence-corrected chi connectivity index (χ2v) is 5.35. The lowest BCUT2D eigenvalue weighted by molar-refractivity contribution is 0.581. The summed E-state index contributed by atoms with van der Waals surface area (Å²) in [7, 11) is 2.05. The summed E-state index contributed by atoms with van der Waals surface area (Å²) in [6.45, 7) is 3.44. The molecule has 1 aliphatic rings. The summed E-state index contributed by atoms with van der Waals surface area (Å²) < 4.78 is 0. The molecular weight excluding hydrogens is 206 g/mol. The maximum absolute atomic E-state index is 3.35. The number of likely N-dealkylation sites (N-methyl/N-ethyl adjacent to an activating group) is 1. The van der Waals surface area contributed by atoms with Crippen molar-refractivity contribution >= 4 is 10.8 Å². The molecule has 0 radical (unpaired) electrons. The molecule has 0 heterocycles. The molecule has 88 valence electrons. The van der Waals surface area contributed by atoms with Crippen LogP contribution in [-0.2, 0) is 5.41 Å². The van der Waals surface area contributed by atoms with E-state index in [1.54, 1.807) is 0 Å². The first kappa shape index (κ1) is 10.8. The molecule has 17 heavy (non-hydrogen) atoms. The lowest BCUT2D eigenvalue weighted by atomic mass is 9.91. The zero-order chi connectivity index (χ0) is 11.9. The second kappa shape index (κ2) is 3.85. The minimum absolute atomic E-state index is 0.388. The zero-order valence-corrected chi connectivity index (χ0v) is 10.5. The number of hydrogen-bond acceptors (Lipinski definition) is 1. The average molecular weight is 225 g/mol. The van der Waals surface area contributed by atoms with E-state index in [1.165, 1.54) is 22.8 Å². The third kappa shape index (κ3) is 1.66. The van der Waals surface area contributed by atoms with Gasteiger partial charge in [-0.05, 0) is 35.7 Å². The summed E-state index contributed by atoms with van der Waals surface area (Å²) >= 11 is 0. The Bertz CT molecular complexity index is 546. The highest BCUT2D eigenvalue weighted by atomic mass is 14.9. The van der Waals surface area contributed by atoms with Crippen molar-refractivity contribution in [1.82, 2.24) is 5.32 Å². The molecule has 2 aromatic carbocycles. The molecule has 2 atom stereocenters. The number of nitrogens with one attached hydrogen (secondary N) is 1. The predicted molar refractivity (Wildman–Crippen MR) is 73.3 cm³/mol. The molecule has 1 aliphatic carbocycles. The standard InChI is InChI=1S/C16H19N/c1-12-10-16(12,11-17-2)15-8-7-13-5-3-4-6-14(13)9-15/h3-9,12,17H,10-11H2,1-2H3/t12-,16?/m1/s1. The SMILES string of the molecule is CNCC1(c2ccc3ccccc3c2)C[C@H]1C. The van der Waals surface area contributed by atoms with Crippen molar-refractivity contribution in [3.8, 4) is 0 Å². The fourth-order valence-electron chi connectivity index (χ4n) is 3.05. The van der Waals surface area contributed by atoms with Gasteiger partial charge in [-0.15, -0.1) is 0 Å². The third-order valence-electron chi connectivity index (χ3n) is 4.27. The molecule has 1 nitrogen and oxygen atoms in total. The first-order chi connectivity index (χ1) is 8.26. The van der Waals surface area contributed by atoms with E-state index in [2.05, 4.69) is 54.7 Å². The lowest BCUT2D eigenvalue weighted by Gasteiger charge is -2.17. The number of hydrogen-bond donors (Lipinski definition) is 1. The van der Waals surface area contributed by atoms with E-state index >= 15 is 0 Å². The van der Waals surface area contributed by atoms with Crippen molar-refractivity contribution in [2.75, 3.05) is 13.6 Å². The predicted octanol–water partition coefficient (Wildman–Crippen LogP) is 3.34. The van der Waals surface area contributed by atoms with Crippen LogP contribution in [0.5, 0.6) is 0 Å². The Kier molecular flexibility index (Phi) is 2.44. The molecular formula is C16H19N. The van der Waals surface area contributed by atoms with Crippen LogP contribution in [0.2, 0.25) is 0 Å². The Morgan fingerprint density at radius 2 is 1.88 bits per heavy atom. The first-order valence-corrected chi connectivity index (χ1v) is 6.40. The molecule has 0 aromatic heterocycles. The van der Waals surface area contributed by atoms with Gasteiger partial charge in [0.1, 0.15) is 0 Å². The topological polar surface area (TPSA) is 12.0 Å². The maximum atomic E-state index is 3.35. The van der Waals surface area contributed by atoms with Gasteiger partial charge in [-0.1, -0.05) is 49.4 Å². The van der Waals surface area contributed by atoms with Crippen LogP contribution in [0.3, 0.4) is 0 Å². The Labute approximate surface area is 103 Å². The van der Waals surface area contributed by atoms with Crippen LogP contribution in [0.4, 0.5) is 0 Å². The highest BCUT2D eigenvalue weighted by Gasteiger charge is 2.51. The van der Waals surface area contributed by atoms with Crippen molar-refractivity contribution in [1.29, 1.82) is 0 Å². The van der Waals surface area contributed by atoms with E-state index in [0.717, 1.165) is 12.5 Å². The van der Waals surface area contributed by atoms with Gasteiger partial charge >= 0.3 is 0 Å². The monoisotopic (exact) mass is 225 g/mol. The van der Waals surface area contributed by atoms with Gasteiger partial charge in [0, 0.05) is 12.0 Å². The molecule has 0 saturated heterocycles. The number of benzene rings is 2. The van der Waals surface area contributed by atoms with Crippen LogP contribution in [0.15, 0.2) is 42.5 Å². The Hall–Kier alpha value is -1.34. The summed E-state index contributed by atoms with van der Waals surface area (Å²) in [6.07, 6.45) is 1.31. The summed E-state index contributed by atoms with van der Waals surface area (Å²) in [4.78, 5) is 0. The van der Waals surface area contributed by atoms with Gasteiger partial charge in [0.25, 0.3) is 0 Å². The maximum Gasteiger partial charge on any atom is 0.0107 e. The van der Waals surface area contributed by atoms with E-state index in [4.69, 9.17) is 0 Å². The lowest BCUT2D eigenvalue weighted by Crippen LogP contribution is -2.25. The molecule has 2 aromatic rings. The minimum Gasteiger partial charge on any atom is -0.319 e. The summed E-state index contributed by atoms with van der Waals surface area (Å²) in [5.74, 6) is 0.802. The highest BCUT2D eigenvalue weighted by Crippen LogP contribution is 2.53. The van der Waals surface area contributed by atoms with Gasteiger partial charge in [0.15, 0.2) is 0 Å².